The van der Waals surface area contributed by atoms with Crippen molar-refractivity contribution in [2.75, 3.05) is 11.1 Å². The summed E-state index contributed by atoms with van der Waals surface area (Å²) in [5.74, 6) is -0.228. The van der Waals surface area contributed by atoms with Gasteiger partial charge in [0.2, 0.25) is 11.8 Å². The minimum Gasteiger partial charge on any atom is -0.469 e. The maximum atomic E-state index is 12.1. The van der Waals surface area contributed by atoms with Crippen molar-refractivity contribution in [2.24, 2.45) is 0 Å². The van der Waals surface area contributed by atoms with Crippen molar-refractivity contribution in [1.82, 2.24) is 5.32 Å². The second kappa shape index (κ2) is 8.25. The molecule has 1 atom stereocenters. The number of rotatable bonds is 5. The first-order valence-electron chi connectivity index (χ1n) is 7.72. The molecule has 0 unspecified atom stereocenters. The highest BCUT2D eigenvalue weighted by Gasteiger charge is 2.31. The standard InChI is InChI=1S/C18H14BrN3O3S/c19-11-3-5-12(6-4-11)21-17(24)10-26-18-14(9-20)13(8-16(23)22-18)15-2-1-7-25-15/h1-7,13H,8,10H2,(H,21,24)(H,22,23)/t13-/m0/s1. The summed E-state index contributed by atoms with van der Waals surface area (Å²) < 4.78 is 6.28. The van der Waals surface area contributed by atoms with Crippen molar-refractivity contribution < 1.29 is 14.0 Å². The van der Waals surface area contributed by atoms with Gasteiger partial charge in [-0.05, 0) is 36.4 Å². The number of hydrogen-bond acceptors (Lipinski definition) is 5. The summed E-state index contributed by atoms with van der Waals surface area (Å²) in [4.78, 5) is 24.1. The molecule has 8 heteroatoms. The van der Waals surface area contributed by atoms with Crippen LogP contribution in [0, 0.1) is 11.3 Å². The lowest BCUT2D eigenvalue weighted by Gasteiger charge is -2.23. The van der Waals surface area contributed by atoms with Gasteiger partial charge in [-0.15, -0.1) is 0 Å². The number of nitrogens with one attached hydrogen (secondary N) is 2. The molecule has 0 bridgehead atoms. The lowest BCUT2D eigenvalue weighted by molar-refractivity contribution is -0.121. The van der Waals surface area contributed by atoms with Gasteiger partial charge in [0.1, 0.15) is 5.76 Å². The Kier molecular flexibility index (Phi) is 5.81. The predicted octanol–water partition coefficient (Wildman–Crippen LogP) is 3.75. The van der Waals surface area contributed by atoms with Crippen LogP contribution in [0.5, 0.6) is 0 Å². The summed E-state index contributed by atoms with van der Waals surface area (Å²) in [7, 11) is 0. The van der Waals surface area contributed by atoms with Crippen LogP contribution in [0.2, 0.25) is 0 Å². The molecule has 1 aromatic carbocycles. The van der Waals surface area contributed by atoms with Gasteiger partial charge in [0.05, 0.1) is 34.6 Å². The van der Waals surface area contributed by atoms with E-state index in [2.05, 4.69) is 32.6 Å². The average Bonchev–Trinajstić information content (AvgIpc) is 3.16. The molecule has 3 rings (SSSR count). The fraction of sp³-hybridized carbons (Fsp3) is 0.167. The largest absolute Gasteiger partial charge is 0.469 e. The summed E-state index contributed by atoms with van der Waals surface area (Å²) in [6, 6.07) is 12.8. The number of thioether (sulfide) groups is 1. The van der Waals surface area contributed by atoms with Crippen LogP contribution in [0.1, 0.15) is 18.1 Å². The van der Waals surface area contributed by atoms with Crippen molar-refractivity contribution in [1.29, 1.82) is 5.26 Å². The molecule has 26 heavy (non-hydrogen) atoms. The molecule has 0 saturated heterocycles. The molecule has 1 aliphatic heterocycles. The number of amides is 2. The third-order valence-corrected chi connectivity index (χ3v) is 5.26. The molecule has 0 saturated carbocycles. The van der Waals surface area contributed by atoms with E-state index in [9.17, 15) is 14.9 Å². The Morgan fingerprint density at radius 3 is 2.81 bits per heavy atom. The van der Waals surface area contributed by atoms with Crippen LogP contribution in [0.25, 0.3) is 0 Å². The van der Waals surface area contributed by atoms with E-state index in [1.54, 1.807) is 24.3 Å². The number of benzene rings is 1. The summed E-state index contributed by atoms with van der Waals surface area (Å²) in [6.45, 7) is 0. The first-order chi connectivity index (χ1) is 12.6. The van der Waals surface area contributed by atoms with Gasteiger partial charge in [0, 0.05) is 16.6 Å². The first kappa shape index (κ1) is 18.3. The van der Waals surface area contributed by atoms with E-state index in [1.807, 2.05) is 12.1 Å². The first-order valence-corrected chi connectivity index (χ1v) is 9.50. The predicted molar refractivity (Wildman–Crippen MR) is 102 cm³/mol. The highest BCUT2D eigenvalue weighted by atomic mass is 79.9. The monoisotopic (exact) mass is 431 g/mol. The van der Waals surface area contributed by atoms with Crippen molar-refractivity contribution in [3.8, 4) is 6.07 Å². The van der Waals surface area contributed by atoms with Gasteiger partial charge < -0.3 is 15.1 Å². The zero-order valence-corrected chi connectivity index (χ0v) is 15.9. The lowest BCUT2D eigenvalue weighted by atomic mass is 9.92. The van der Waals surface area contributed by atoms with Crippen LogP contribution in [-0.2, 0) is 9.59 Å². The lowest BCUT2D eigenvalue weighted by Crippen LogP contribution is -2.31. The fourth-order valence-corrected chi connectivity index (χ4v) is 3.67. The Morgan fingerprint density at radius 2 is 2.15 bits per heavy atom. The Morgan fingerprint density at radius 1 is 1.38 bits per heavy atom. The van der Waals surface area contributed by atoms with Crippen molar-refractivity contribution >= 4 is 45.2 Å². The summed E-state index contributed by atoms with van der Waals surface area (Å²) >= 11 is 4.46. The molecular formula is C18H14BrN3O3S. The maximum absolute atomic E-state index is 12.1. The van der Waals surface area contributed by atoms with Crippen LogP contribution in [-0.4, -0.2) is 17.6 Å². The molecule has 6 nitrogen and oxygen atoms in total. The smallest absolute Gasteiger partial charge is 0.234 e. The van der Waals surface area contributed by atoms with Gasteiger partial charge in [0.15, 0.2) is 0 Å². The van der Waals surface area contributed by atoms with Gasteiger partial charge in [-0.25, -0.2) is 0 Å². The number of carbonyl (C=O) groups is 2. The van der Waals surface area contributed by atoms with Crippen LogP contribution < -0.4 is 10.6 Å². The molecule has 2 aromatic rings. The summed E-state index contributed by atoms with van der Waals surface area (Å²) in [5, 5.41) is 15.4. The van der Waals surface area contributed by atoms with Crippen LogP contribution >= 0.6 is 27.7 Å². The van der Waals surface area contributed by atoms with Gasteiger partial charge in [0.25, 0.3) is 0 Å². The Labute approximate surface area is 162 Å². The normalized spacial score (nSPS) is 16.8. The number of halogens is 1. The van der Waals surface area contributed by atoms with E-state index >= 15 is 0 Å². The highest BCUT2D eigenvalue weighted by molar-refractivity contribution is 9.10. The van der Waals surface area contributed by atoms with Crippen molar-refractivity contribution in [3.63, 3.8) is 0 Å². The maximum Gasteiger partial charge on any atom is 0.234 e. The Hall–Kier alpha value is -2.50. The average molecular weight is 432 g/mol. The zero-order valence-electron chi connectivity index (χ0n) is 13.5. The topological polar surface area (TPSA) is 95.1 Å². The molecule has 0 aliphatic carbocycles. The highest BCUT2D eigenvalue weighted by Crippen LogP contribution is 2.36. The molecule has 1 aliphatic rings. The molecule has 0 radical (unpaired) electrons. The Balaban J connectivity index is 1.70. The van der Waals surface area contributed by atoms with E-state index in [1.165, 1.54) is 6.26 Å². The third kappa shape index (κ3) is 4.36. The second-order valence-electron chi connectivity index (χ2n) is 5.52. The van der Waals surface area contributed by atoms with E-state index in [4.69, 9.17) is 4.42 Å². The zero-order chi connectivity index (χ0) is 18.5. The summed E-state index contributed by atoms with van der Waals surface area (Å²) in [6.07, 6.45) is 1.65. The number of nitrogens with zero attached hydrogens (tertiary/aromatic N) is 1. The molecule has 2 N–H and O–H groups in total. The molecular weight excluding hydrogens is 418 g/mol. The number of hydrogen-bond donors (Lipinski definition) is 2. The number of nitriles is 1. The van der Waals surface area contributed by atoms with Crippen molar-refractivity contribution in [3.05, 3.63) is 63.5 Å². The number of carbonyl (C=O) groups excluding carboxylic acids is 2. The van der Waals surface area contributed by atoms with Crippen LogP contribution in [0.15, 0.2) is 62.2 Å². The van der Waals surface area contributed by atoms with E-state index in [0.29, 0.717) is 22.0 Å². The Bertz CT molecular complexity index is 885. The fourth-order valence-electron chi connectivity index (χ4n) is 2.53. The van der Waals surface area contributed by atoms with Crippen LogP contribution in [0.4, 0.5) is 5.69 Å². The SMILES string of the molecule is N#CC1=C(SCC(=O)Nc2ccc(Br)cc2)NC(=O)C[C@@H]1c1ccco1. The second-order valence-corrected chi connectivity index (χ2v) is 7.42. The molecule has 0 spiro atoms. The van der Waals surface area contributed by atoms with E-state index < -0.39 is 5.92 Å². The molecule has 0 fully saturated rings. The quantitative estimate of drug-likeness (QED) is 0.751. The number of allylic oxidation sites excluding steroid dienone is 1. The molecule has 2 amide bonds. The van der Waals surface area contributed by atoms with Gasteiger partial charge >= 0.3 is 0 Å². The van der Waals surface area contributed by atoms with Crippen molar-refractivity contribution in [2.45, 2.75) is 12.3 Å². The summed E-state index contributed by atoms with van der Waals surface area (Å²) in [5.41, 5.74) is 1.08. The molecule has 1 aromatic heterocycles. The van der Waals surface area contributed by atoms with E-state index in [-0.39, 0.29) is 24.0 Å². The minimum absolute atomic E-state index is 0.0712. The molecule has 2 heterocycles. The van der Waals surface area contributed by atoms with E-state index in [0.717, 1.165) is 16.2 Å². The third-order valence-electron chi connectivity index (χ3n) is 3.72. The van der Waals surface area contributed by atoms with Gasteiger partial charge in [-0.3, -0.25) is 9.59 Å². The van der Waals surface area contributed by atoms with Gasteiger partial charge in [-0.1, -0.05) is 27.7 Å². The van der Waals surface area contributed by atoms with Crippen LogP contribution in [0.3, 0.4) is 0 Å². The number of furan rings is 1. The molecule has 132 valence electrons. The number of anilines is 1. The minimum atomic E-state index is -0.430. The van der Waals surface area contributed by atoms with Gasteiger partial charge in [-0.2, -0.15) is 5.26 Å².